The first-order chi connectivity index (χ1) is 14.8. The molecule has 32 heavy (non-hydrogen) atoms. The summed E-state index contributed by atoms with van der Waals surface area (Å²) in [4.78, 5) is -0.00366. The zero-order chi connectivity index (χ0) is 23.6. The second-order valence-electron chi connectivity index (χ2n) is 8.03. The highest BCUT2D eigenvalue weighted by molar-refractivity contribution is 7.92. The Labute approximate surface area is 179 Å². The lowest BCUT2D eigenvalue weighted by atomic mass is 9.77. The summed E-state index contributed by atoms with van der Waals surface area (Å²) in [5, 5.41) is 3.10. The highest BCUT2D eigenvalue weighted by atomic mass is 32.2. The first-order valence-electron chi connectivity index (χ1n) is 9.76. The van der Waals surface area contributed by atoms with E-state index in [1.165, 1.54) is 24.3 Å². The minimum atomic E-state index is -6.24. The molecule has 1 aliphatic heterocycles. The lowest BCUT2D eigenvalue weighted by Crippen LogP contribution is -2.51. The van der Waals surface area contributed by atoms with Crippen LogP contribution in [0.2, 0.25) is 0 Å². The zero-order valence-electron chi connectivity index (χ0n) is 16.4. The lowest BCUT2D eigenvalue weighted by molar-refractivity contribution is -0.348. The van der Waals surface area contributed by atoms with E-state index in [2.05, 4.69) is 5.32 Å². The van der Waals surface area contributed by atoms with Crippen LogP contribution in [0.4, 0.5) is 30.7 Å². The molecule has 0 aromatic heterocycles. The fourth-order valence-corrected chi connectivity index (χ4v) is 7.29. The van der Waals surface area contributed by atoms with Gasteiger partial charge in [-0.25, -0.2) is 12.8 Å². The van der Waals surface area contributed by atoms with Crippen LogP contribution in [-0.2, 0) is 26.7 Å². The van der Waals surface area contributed by atoms with Gasteiger partial charge in [0.25, 0.3) is 0 Å². The second kappa shape index (κ2) is 7.18. The van der Waals surface area contributed by atoms with Crippen molar-refractivity contribution < 1.29 is 39.2 Å². The Morgan fingerprint density at radius 1 is 0.906 bits per heavy atom. The van der Waals surface area contributed by atoms with E-state index >= 15 is 0 Å². The van der Waals surface area contributed by atoms with Crippen molar-refractivity contribution in [3.63, 3.8) is 0 Å². The van der Waals surface area contributed by atoms with E-state index < -0.39 is 44.2 Å². The van der Waals surface area contributed by atoms with Gasteiger partial charge in [0, 0.05) is 11.6 Å². The normalized spacial score (nSPS) is 24.2. The molecule has 0 bridgehead atoms. The molecular weight excluding hydrogens is 463 g/mol. The molecule has 1 heterocycles. The van der Waals surface area contributed by atoms with Crippen LogP contribution >= 0.6 is 0 Å². The highest BCUT2D eigenvalue weighted by Crippen LogP contribution is 2.55. The molecule has 4 rings (SSSR count). The Balaban J connectivity index is 1.93. The number of alkyl halides is 7. The van der Waals surface area contributed by atoms with Gasteiger partial charge in [-0.05, 0) is 49.1 Å². The van der Waals surface area contributed by atoms with Crippen LogP contribution in [0.1, 0.15) is 29.5 Å². The van der Waals surface area contributed by atoms with E-state index in [0.717, 1.165) is 6.07 Å². The van der Waals surface area contributed by atoms with Crippen molar-refractivity contribution in [3.8, 4) is 0 Å². The number of rotatable bonds is 3. The van der Waals surface area contributed by atoms with E-state index in [4.69, 9.17) is 0 Å². The van der Waals surface area contributed by atoms with E-state index in [1.807, 2.05) is 0 Å². The summed E-state index contributed by atoms with van der Waals surface area (Å²) in [6.45, 7) is 0.302. The molecule has 0 saturated carbocycles. The van der Waals surface area contributed by atoms with Gasteiger partial charge in [-0.1, -0.05) is 36.4 Å². The summed E-state index contributed by atoms with van der Waals surface area (Å²) in [5.41, 5.74) is -7.09. The van der Waals surface area contributed by atoms with Crippen molar-refractivity contribution in [1.29, 1.82) is 0 Å². The van der Waals surface area contributed by atoms with Crippen molar-refractivity contribution in [2.45, 2.75) is 53.0 Å². The minimum absolute atomic E-state index is 0.00366. The van der Waals surface area contributed by atoms with Crippen molar-refractivity contribution in [2.75, 3.05) is 6.54 Å². The molecule has 11 heteroatoms. The monoisotopic (exact) mass is 481 g/mol. The molecule has 1 N–H and O–H groups in total. The van der Waals surface area contributed by atoms with Gasteiger partial charge in [-0.15, -0.1) is 0 Å². The number of aryl methyl sites for hydroxylation is 1. The second-order valence-corrected chi connectivity index (χ2v) is 10.2. The highest BCUT2D eigenvalue weighted by Gasteiger charge is 2.73. The number of fused-ring (bicyclic) bond motifs is 3. The predicted molar refractivity (Wildman–Crippen MR) is 101 cm³/mol. The number of nitrogens with one attached hydrogen (secondary N) is 1. The Kier molecular flexibility index (Phi) is 5.17. The van der Waals surface area contributed by atoms with Crippen LogP contribution in [0.5, 0.6) is 0 Å². The molecule has 174 valence electrons. The summed E-state index contributed by atoms with van der Waals surface area (Å²) < 4.78 is 120. The molecule has 0 unspecified atom stereocenters. The maximum Gasteiger partial charge on any atom is 0.435 e. The molecule has 0 radical (unpaired) electrons. The van der Waals surface area contributed by atoms with Gasteiger partial charge in [0.2, 0.25) is 0 Å². The molecule has 1 saturated heterocycles. The third kappa shape index (κ3) is 3.00. The molecule has 1 fully saturated rings. The van der Waals surface area contributed by atoms with Gasteiger partial charge in [0.05, 0.1) is 4.90 Å². The first kappa shape index (κ1) is 23.0. The van der Waals surface area contributed by atoms with Gasteiger partial charge < -0.3 is 5.32 Å². The Hall–Kier alpha value is -2.14. The van der Waals surface area contributed by atoms with Crippen molar-refractivity contribution in [2.24, 2.45) is 0 Å². The molecule has 2 aliphatic rings. The van der Waals surface area contributed by atoms with Crippen LogP contribution in [0.3, 0.4) is 0 Å². The summed E-state index contributed by atoms with van der Waals surface area (Å²) in [6, 6.07) is 8.72. The number of hydrogen-bond donors (Lipinski definition) is 1. The summed E-state index contributed by atoms with van der Waals surface area (Å²) in [7, 11) is -4.08. The van der Waals surface area contributed by atoms with Gasteiger partial charge >= 0.3 is 18.0 Å². The Morgan fingerprint density at radius 2 is 1.53 bits per heavy atom. The SMILES string of the molecule is O=S(=O)(c1ccccc1)[C@]12CCN[C@H]1CCc1cc(C(F)(C(F)(F)F)C(F)(F)F)ccc12. The van der Waals surface area contributed by atoms with Crippen LogP contribution in [0, 0.1) is 0 Å². The standard InChI is InChI=1S/C21H18F7NO2S/c22-19(20(23,24)25,21(26,27)28)14-7-8-16-13(12-14)6-9-17-18(16,10-11-29-17)32(30,31)15-4-2-1-3-5-15/h1-5,7-8,12,17,29H,6,9-11H2/t17-,18-/m0/s1. The van der Waals surface area contributed by atoms with Crippen molar-refractivity contribution in [3.05, 3.63) is 65.2 Å². The summed E-state index contributed by atoms with van der Waals surface area (Å²) >= 11 is 0. The maximum atomic E-state index is 14.6. The lowest BCUT2D eigenvalue weighted by Gasteiger charge is -2.41. The van der Waals surface area contributed by atoms with E-state index in [0.29, 0.717) is 18.7 Å². The fraction of sp³-hybridized carbons (Fsp3) is 0.429. The van der Waals surface area contributed by atoms with Gasteiger partial charge in [-0.3, -0.25) is 0 Å². The largest absolute Gasteiger partial charge is 0.435 e. The average Bonchev–Trinajstić information content (AvgIpc) is 3.18. The average molecular weight is 481 g/mol. The van der Waals surface area contributed by atoms with Gasteiger partial charge in [0.15, 0.2) is 9.84 Å². The molecule has 2 aromatic rings. The third-order valence-electron chi connectivity index (χ3n) is 6.43. The van der Waals surface area contributed by atoms with Gasteiger partial charge in [0.1, 0.15) is 4.75 Å². The van der Waals surface area contributed by atoms with Crippen LogP contribution in [-0.4, -0.2) is 33.4 Å². The summed E-state index contributed by atoms with van der Waals surface area (Å²) in [5.74, 6) is 0. The topological polar surface area (TPSA) is 46.2 Å². The Morgan fingerprint density at radius 3 is 2.12 bits per heavy atom. The number of halogens is 7. The smallest absolute Gasteiger partial charge is 0.312 e. The van der Waals surface area contributed by atoms with Crippen LogP contribution < -0.4 is 5.32 Å². The molecule has 2 aromatic carbocycles. The first-order valence-corrected chi connectivity index (χ1v) is 11.2. The molecular formula is C21H18F7NO2S. The van der Waals surface area contributed by atoms with E-state index in [1.54, 1.807) is 6.07 Å². The van der Waals surface area contributed by atoms with Crippen molar-refractivity contribution >= 4 is 9.84 Å². The van der Waals surface area contributed by atoms with Gasteiger partial charge in [-0.2, -0.15) is 26.3 Å². The Bertz CT molecular complexity index is 1120. The quantitative estimate of drug-likeness (QED) is 0.631. The maximum absolute atomic E-state index is 14.6. The third-order valence-corrected chi connectivity index (χ3v) is 8.99. The molecule has 0 amide bonds. The minimum Gasteiger partial charge on any atom is -0.312 e. The fourth-order valence-electron chi connectivity index (χ4n) is 4.92. The predicted octanol–water partition coefficient (Wildman–Crippen LogP) is 4.95. The van der Waals surface area contributed by atoms with Crippen molar-refractivity contribution in [1.82, 2.24) is 5.32 Å². The summed E-state index contributed by atoms with van der Waals surface area (Å²) in [6.07, 6.45) is -12.2. The van der Waals surface area contributed by atoms with Crippen LogP contribution in [0.15, 0.2) is 53.4 Å². The van der Waals surface area contributed by atoms with E-state index in [-0.39, 0.29) is 35.3 Å². The molecule has 3 nitrogen and oxygen atoms in total. The number of benzene rings is 2. The number of hydrogen-bond acceptors (Lipinski definition) is 3. The molecule has 2 atom stereocenters. The zero-order valence-corrected chi connectivity index (χ0v) is 17.2. The van der Waals surface area contributed by atoms with E-state index in [9.17, 15) is 39.2 Å². The number of sulfone groups is 1. The molecule has 1 aliphatic carbocycles. The molecule has 0 spiro atoms. The van der Waals surface area contributed by atoms with Crippen LogP contribution in [0.25, 0.3) is 0 Å².